The van der Waals surface area contributed by atoms with Gasteiger partial charge in [-0.3, -0.25) is 4.79 Å². The minimum absolute atomic E-state index is 0.134. The number of nitrogens with one attached hydrogen (secondary N) is 1. The Morgan fingerprint density at radius 1 is 1.35 bits per heavy atom. The summed E-state index contributed by atoms with van der Waals surface area (Å²) in [5, 5.41) is 2.93. The van der Waals surface area contributed by atoms with Gasteiger partial charge in [-0.2, -0.15) is 0 Å². The van der Waals surface area contributed by atoms with Crippen LogP contribution in [0.25, 0.3) is 0 Å². The van der Waals surface area contributed by atoms with E-state index >= 15 is 0 Å². The Bertz CT molecular complexity index is 415. The van der Waals surface area contributed by atoms with Crippen LogP contribution in [-0.2, 0) is 0 Å². The van der Waals surface area contributed by atoms with Gasteiger partial charge in [0.15, 0.2) is 5.69 Å². The highest BCUT2D eigenvalue weighted by molar-refractivity contribution is 5.92. The molecule has 0 fully saturated rings. The number of carbonyl (C=O) groups is 1. The summed E-state index contributed by atoms with van der Waals surface area (Å²) in [6.07, 6.45) is 5.19. The number of oxazole rings is 1. The summed E-state index contributed by atoms with van der Waals surface area (Å²) < 4.78 is 5.28. The van der Waals surface area contributed by atoms with E-state index in [4.69, 9.17) is 10.2 Å². The summed E-state index contributed by atoms with van der Waals surface area (Å²) in [5.41, 5.74) is 6.22. The Morgan fingerprint density at radius 2 is 2.05 bits per heavy atom. The number of carbonyl (C=O) groups excluding carboxylic acids is 1. The first-order valence-corrected chi connectivity index (χ1v) is 7.45. The molecule has 0 saturated carbocycles. The molecule has 0 aromatic carbocycles. The number of nitrogens with two attached hydrogens (primary N) is 1. The highest BCUT2D eigenvalue weighted by Gasteiger charge is 2.17. The van der Waals surface area contributed by atoms with Crippen LogP contribution in [0.2, 0.25) is 0 Å². The van der Waals surface area contributed by atoms with E-state index in [0.717, 1.165) is 25.7 Å². The zero-order valence-corrected chi connectivity index (χ0v) is 13.0. The topological polar surface area (TPSA) is 81.1 Å². The molecule has 114 valence electrons. The minimum Gasteiger partial charge on any atom is -0.446 e. The van der Waals surface area contributed by atoms with Crippen molar-refractivity contribution >= 4 is 5.91 Å². The summed E-state index contributed by atoms with van der Waals surface area (Å²) in [6.45, 7) is 8.40. The maximum absolute atomic E-state index is 12.0. The van der Waals surface area contributed by atoms with Crippen molar-refractivity contribution in [1.29, 1.82) is 0 Å². The Kier molecular flexibility index (Phi) is 6.71. The van der Waals surface area contributed by atoms with E-state index in [2.05, 4.69) is 24.1 Å². The van der Waals surface area contributed by atoms with Crippen molar-refractivity contribution < 1.29 is 9.21 Å². The maximum Gasteiger partial charge on any atom is 0.273 e. The Hall–Kier alpha value is -1.36. The highest BCUT2D eigenvalue weighted by Crippen LogP contribution is 2.15. The molecule has 0 radical (unpaired) electrons. The molecule has 3 N–H and O–H groups in total. The van der Waals surface area contributed by atoms with Crippen LogP contribution >= 0.6 is 0 Å². The van der Waals surface area contributed by atoms with Crippen LogP contribution in [0.5, 0.6) is 0 Å². The van der Waals surface area contributed by atoms with Crippen LogP contribution in [0, 0.1) is 5.92 Å². The standard InChI is InChI=1S/C15H27N3O2/c1-5-6-12(16)15-18-13(9-20-15)14(19)17-11(4)8-7-10(2)3/h9-12H,5-8,16H2,1-4H3,(H,17,19). The third-order valence-electron chi connectivity index (χ3n) is 3.23. The van der Waals surface area contributed by atoms with Gasteiger partial charge in [0.1, 0.15) is 6.26 Å². The summed E-state index contributed by atoms with van der Waals surface area (Å²) in [4.78, 5) is 16.2. The number of nitrogens with zero attached hydrogens (tertiary/aromatic N) is 1. The lowest BCUT2D eigenvalue weighted by Gasteiger charge is -2.13. The second kappa shape index (κ2) is 8.04. The lowest BCUT2D eigenvalue weighted by Crippen LogP contribution is -2.33. The van der Waals surface area contributed by atoms with E-state index in [0.29, 0.717) is 17.5 Å². The Balaban J connectivity index is 2.51. The molecule has 0 aliphatic carbocycles. The van der Waals surface area contributed by atoms with Gasteiger partial charge in [-0.15, -0.1) is 0 Å². The first-order valence-electron chi connectivity index (χ1n) is 7.45. The van der Waals surface area contributed by atoms with E-state index < -0.39 is 0 Å². The van der Waals surface area contributed by atoms with Crippen molar-refractivity contribution in [2.24, 2.45) is 11.7 Å². The molecule has 1 aromatic heterocycles. The molecule has 1 rings (SSSR count). The molecular formula is C15H27N3O2. The quantitative estimate of drug-likeness (QED) is 0.767. The molecular weight excluding hydrogens is 254 g/mol. The van der Waals surface area contributed by atoms with Crippen molar-refractivity contribution in [2.75, 3.05) is 0 Å². The Morgan fingerprint density at radius 3 is 2.65 bits per heavy atom. The van der Waals surface area contributed by atoms with Crippen LogP contribution in [-0.4, -0.2) is 16.9 Å². The van der Waals surface area contributed by atoms with E-state index in [-0.39, 0.29) is 18.0 Å². The fourth-order valence-electron chi connectivity index (χ4n) is 1.95. The van der Waals surface area contributed by atoms with E-state index in [1.807, 2.05) is 13.8 Å². The van der Waals surface area contributed by atoms with Crippen LogP contribution in [0.15, 0.2) is 10.7 Å². The molecule has 0 aliphatic rings. The van der Waals surface area contributed by atoms with Gasteiger partial charge in [-0.05, 0) is 32.1 Å². The molecule has 0 saturated heterocycles. The first kappa shape index (κ1) is 16.7. The lowest BCUT2D eigenvalue weighted by atomic mass is 10.0. The van der Waals surface area contributed by atoms with Crippen molar-refractivity contribution in [1.82, 2.24) is 10.3 Å². The third kappa shape index (κ3) is 5.33. The zero-order valence-electron chi connectivity index (χ0n) is 13.0. The molecule has 0 bridgehead atoms. The van der Waals surface area contributed by atoms with Gasteiger partial charge >= 0.3 is 0 Å². The molecule has 2 atom stereocenters. The predicted molar refractivity (Wildman–Crippen MR) is 79.3 cm³/mol. The monoisotopic (exact) mass is 281 g/mol. The fraction of sp³-hybridized carbons (Fsp3) is 0.733. The molecule has 0 aliphatic heterocycles. The van der Waals surface area contributed by atoms with E-state index in [9.17, 15) is 4.79 Å². The fourth-order valence-corrected chi connectivity index (χ4v) is 1.95. The van der Waals surface area contributed by atoms with Gasteiger partial charge in [-0.25, -0.2) is 4.98 Å². The van der Waals surface area contributed by atoms with Crippen LogP contribution < -0.4 is 11.1 Å². The zero-order chi connectivity index (χ0) is 15.1. The second-order valence-corrected chi connectivity index (χ2v) is 5.81. The van der Waals surface area contributed by atoms with Gasteiger partial charge in [0.05, 0.1) is 6.04 Å². The van der Waals surface area contributed by atoms with Gasteiger partial charge in [0.25, 0.3) is 5.91 Å². The maximum atomic E-state index is 12.0. The average molecular weight is 281 g/mol. The number of hydrogen-bond donors (Lipinski definition) is 2. The molecule has 2 unspecified atom stereocenters. The SMILES string of the molecule is CCCC(N)c1nc(C(=O)NC(C)CCC(C)C)co1. The lowest BCUT2D eigenvalue weighted by molar-refractivity contribution is 0.0932. The van der Waals surface area contributed by atoms with Gasteiger partial charge in [0, 0.05) is 6.04 Å². The summed E-state index contributed by atoms with van der Waals surface area (Å²) in [7, 11) is 0. The molecule has 5 heteroatoms. The summed E-state index contributed by atoms with van der Waals surface area (Å²) in [5.74, 6) is 0.881. The first-order chi connectivity index (χ1) is 9.43. The molecule has 1 aromatic rings. The number of rotatable bonds is 8. The van der Waals surface area contributed by atoms with Crippen LogP contribution in [0.4, 0.5) is 0 Å². The number of amides is 1. The van der Waals surface area contributed by atoms with Crippen LogP contribution in [0.1, 0.15) is 75.8 Å². The van der Waals surface area contributed by atoms with Crippen molar-refractivity contribution in [3.8, 4) is 0 Å². The Labute approximate surface area is 121 Å². The minimum atomic E-state index is -0.236. The van der Waals surface area contributed by atoms with Crippen LogP contribution in [0.3, 0.4) is 0 Å². The molecule has 20 heavy (non-hydrogen) atoms. The molecule has 1 amide bonds. The second-order valence-electron chi connectivity index (χ2n) is 5.81. The van der Waals surface area contributed by atoms with Crippen molar-refractivity contribution in [2.45, 2.75) is 65.5 Å². The number of hydrogen-bond acceptors (Lipinski definition) is 4. The van der Waals surface area contributed by atoms with Gasteiger partial charge in [0.2, 0.25) is 5.89 Å². The van der Waals surface area contributed by atoms with E-state index in [1.165, 1.54) is 6.26 Å². The third-order valence-corrected chi connectivity index (χ3v) is 3.23. The number of aromatic nitrogens is 1. The summed E-state index contributed by atoms with van der Waals surface area (Å²) >= 11 is 0. The normalized spacial score (nSPS) is 14.3. The largest absolute Gasteiger partial charge is 0.446 e. The van der Waals surface area contributed by atoms with Gasteiger partial charge < -0.3 is 15.5 Å². The van der Waals surface area contributed by atoms with Crippen molar-refractivity contribution in [3.05, 3.63) is 17.8 Å². The summed E-state index contributed by atoms with van der Waals surface area (Å²) in [6, 6.07) is -0.103. The highest BCUT2D eigenvalue weighted by atomic mass is 16.3. The van der Waals surface area contributed by atoms with E-state index in [1.54, 1.807) is 0 Å². The predicted octanol–water partition coefficient (Wildman–Crippen LogP) is 3.03. The van der Waals surface area contributed by atoms with Crippen molar-refractivity contribution in [3.63, 3.8) is 0 Å². The van der Waals surface area contributed by atoms with Gasteiger partial charge in [-0.1, -0.05) is 27.2 Å². The molecule has 0 spiro atoms. The average Bonchev–Trinajstić information content (AvgIpc) is 2.86. The molecule has 5 nitrogen and oxygen atoms in total. The molecule has 1 heterocycles. The smallest absolute Gasteiger partial charge is 0.273 e.